The molecule has 0 aliphatic carbocycles. The molecule has 6 heteroatoms. The molecule has 0 amide bonds. The molecular weight excluding hydrogens is 236 g/mol. The van der Waals surface area contributed by atoms with Gasteiger partial charge in [0.05, 0.1) is 23.9 Å². The van der Waals surface area contributed by atoms with Crippen LogP contribution in [0.15, 0.2) is 24.3 Å². The molecule has 0 fully saturated rings. The first kappa shape index (κ1) is 11.8. The van der Waals surface area contributed by atoms with Crippen LogP contribution in [0, 0.1) is 0 Å². The summed E-state index contributed by atoms with van der Waals surface area (Å²) in [5, 5.41) is 16.0. The number of methoxy groups -OCH3 is 1. The first-order valence-electron chi connectivity index (χ1n) is 5.09. The lowest BCUT2D eigenvalue weighted by atomic mass is 10.1. The van der Waals surface area contributed by atoms with Gasteiger partial charge >= 0.3 is 11.9 Å². The van der Waals surface area contributed by atoms with Crippen LogP contribution >= 0.6 is 0 Å². The summed E-state index contributed by atoms with van der Waals surface area (Å²) in [6, 6.07) is 4.89. The normalized spacial score (nSPS) is 10.9. The molecule has 1 heterocycles. The Bertz CT molecular complexity index is 643. The van der Waals surface area contributed by atoms with Crippen LogP contribution in [0.25, 0.3) is 17.0 Å². The predicted molar refractivity (Wildman–Crippen MR) is 64.1 cm³/mol. The number of carbonyl (C=O) groups excluding carboxylic acids is 1. The van der Waals surface area contributed by atoms with Crippen LogP contribution in [-0.4, -0.2) is 34.4 Å². The van der Waals surface area contributed by atoms with Crippen LogP contribution in [0.5, 0.6) is 0 Å². The molecule has 0 radical (unpaired) electrons. The lowest BCUT2D eigenvalue weighted by Gasteiger charge is -1.98. The number of nitrogens with one attached hydrogen (secondary N) is 1. The number of esters is 1. The minimum absolute atomic E-state index is 0.405. The molecule has 0 bridgehead atoms. The Balaban J connectivity index is 2.43. The molecule has 1 aromatic heterocycles. The highest BCUT2D eigenvalue weighted by Gasteiger charge is 2.09. The van der Waals surface area contributed by atoms with E-state index in [4.69, 9.17) is 5.11 Å². The molecule has 0 spiro atoms. The van der Waals surface area contributed by atoms with Crippen molar-refractivity contribution in [1.82, 2.24) is 10.2 Å². The first-order chi connectivity index (χ1) is 8.61. The van der Waals surface area contributed by atoms with Crippen LogP contribution in [0.2, 0.25) is 0 Å². The summed E-state index contributed by atoms with van der Waals surface area (Å²) in [6.45, 7) is 0. The minimum Gasteiger partial charge on any atom is -0.478 e. The number of ether oxygens (including phenoxy) is 1. The van der Waals surface area contributed by atoms with Gasteiger partial charge in [0.15, 0.2) is 0 Å². The van der Waals surface area contributed by atoms with E-state index in [0.29, 0.717) is 16.8 Å². The van der Waals surface area contributed by atoms with Crippen molar-refractivity contribution in [3.8, 4) is 0 Å². The number of H-pyrrole nitrogens is 1. The predicted octanol–water partition coefficient (Wildman–Crippen LogP) is 1.45. The number of carboxylic acid groups (broad SMARTS) is 1. The van der Waals surface area contributed by atoms with Crippen LogP contribution in [0.1, 0.15) is 16.1 Å². The summed E-state index contributed by atoms with van der Waals surface area (Å²) in [5.74, 6) is -1.48. The summed E-state index contributed by atoms with van der Waals surface area (Å²) in [7, 11) is 1.31. The number of fused-ring (bicyclic) bond motifs is 1. The van der Waals surface area contributed by atoms with Gasteiger partial charge in [0.2, 0.25) is 0 Å². The van der Waals surface area contributed by atoms with E-state index in [2.05, 4.69) is 14.9 Å². The van der Waals surface area contributed by atoms with Crippen LogP contribution in [0.4, 0.5) is 0 Å². The van der Waals surface area contributed by atoms with Gasteiger partial charge in [0.25, 0.3) is 0 Å². The third-order valence-corrected chi connectivity index (χ3v) is 2.40. The van der Waals surface area contributed by atoms with E-state index in [1.807, 2.05) is 0 Å². The van der Waals surface area contributed by atoms with E-state index in [-0.39, 0.29) is 0 Å². The van der Waals surface area contributed by atoms with Crippen LogP contribution in [-0.2, 0) is 9.53 Å². The van der Waals surface area contributed by atoms with E-state index in [1.165, 1.54) is 13.2 Å². The maximum Gasteiger partial charge on any atom is 0.337 e. The van der Waals surface area contributed by atoms with Crippen molar-refractivity contribution in [3.05, 3.63) is 35.5 Å². The Morgan fingerprint density at radius 3 is 2.89 bits per heavy atom. The maximum absolute atomic E-state index is 11.3. The average Bonchev–Trinajstić information content (AvgIpc) is 2.77. The second kappa shape index (κ2) is 4.70. The third kappa shape index (κ3) is 2.22. The number of carbonyl (C=O) groups is 2. The summed E-state index contributed by atoms with van der Waals surface area (Å²) in [4.78, 5) is 21.8. The van der Waals surface area contributed by atoms with Gasteiger partial charge in [-0.25, -0.2) is 9.59 Å². The van der Waals surface area contributed by atoms with Crippen molar-refractivity contribution in [3.63, 3.8) is 0 Å². The van der Waals surface area contributed by atoms with Crippen molar-refractivity contribution in [1.29, 1.82) is 0 Å². The highest BCUT2D eigenvalue weighted by Crippen LogP contribution is 2.19. The Labute approximate surface area is 102 Å². The van der Waals surface area contributed by atoms with Crippen molar-refractivity contribution >= 4 is 28.9 Å². The third-order valence-electron chi connectivity index (χ3n) is 2.40. The number of aromatic amines is 1. The highest BCUT2D eigenvalue weighted by molar-refractivity contribution is 5.97. The molecule has 0 atom stereocenters. The fourth-order valence-corrected chi connectivity index (χ4v) is 1.56. The molecule has 2 N–H and O–H groups in total. The van der Waals surface area contributed by atoms with Crippen molar-refractivity contribution in [2.75, 3.05) is 7.11 Å². The largest absolute Gasteiger partial charge is 0.478 e. The molecule has 6 nitrogen and oxygen atoms in total. The standard InChI is InChI=1S/C12H10N2O4/c1-18-12(17)7-2-3-8-9(4-5-11(15)16)13-14-10(8)6-7/h2-6H,1H3,(H,13,14)(H,15,16). The van der Waals surface area contributed by atoms with Crippen molar-refractivity contribution < 1.29 is 19.4 Å². The topological polar surface area (TPSA) is 92.3 Å². The molecule has 92 valence electrons. The second-order valence-electron chi connectivity index (χ2n) is 3.53. The van der Waals surface area contributed by atoms with Gasteiger partial charge in [-0.3, -0.25) is 5.10 Å². The van der Waals surface area contributed by atoms with Gasteiger partial charge in [-0.1, -0.05) is 0 Å². The fraction of sp³-hybridized carbons (Fsp3) is 0.0833. The zero-order valence-corrected chi connectivity index (χ0v) is 9.51. The number of hydrogen-bond donors (Lipinski definition) is 2. The molecule has 0 unspecified atom stereocenters. The Morgan fingerprint density at radius 2 is 2.22 bits per heavy atom. The van der Waals surface area contributed by atoms with Gasteiger partial charge < -0.3 is 9.84 Å². The Morgan fingerprint density at radius 1 is 1.44 bits per heavy atom. The SMILES string of the molecule is COC(=O)c1ccc2c(C=CC(=O)O)n[nH]c2c1. The van der Waals surface area contributed by atoms with E-state index in [9.17, 15) is 9.59 Å². The monoisotopic (exact) mass is 246 g/mol. The number of aromatic nitrogens is 2. The molecular formula is C12H10N2O4. The van der Waals surface area contributed by atoms with E-state index in [1.54, 1.807) is 18.2 Å². The Hall–Kier alpha value is -2.63. The summed E-state index contributed by atoms with van der Waals surface area (Å²) < 4.78 is 4.61. The van der Waals surface area contributed by atoms with Crippen molar-refractivity contribution in [2.45, 2.75) is 0 Å². The number of rotatable bonds is 3. The molecule has 0 saturated heterocycles. The molecule has 1 aromatic carbocycles. The van der Waals surface area contributed by atoms with E-state index < -0.39 is 11.9 Å². The zero-order valence-electron chi connectivity index (χ0n) is 9.51. The zero-order chi connectivity index (χ0) is 13.1. The molecule has 18 heavy (non-hydrogen) atoms. The van der Waals surface area contributed by atoms with Gasteiger partial charge in [0, 0.05) is 11.5 Å². The van der Waals surface area contributed by atoms with Crippen LogP contribution in [0.3, 0.4) is 0 Å². The second-order valence-corrected chi connectivity index (χ2v) is 3.53. The van der Waals surface area contributed by atoms with Gasteiger partial charge in [-0.05, 0) is 24.3 Å². The molecule has 2 aromatic rings. The van der Waals surface area contributed by atoms with Gasteiger partial charge in [-0.15, -0.1) is 0 Å². The van der Waals surface area contributed by atoms with Gasteiger partial charge in [0.1, 0.15) is 0 Å². The first-order valence-corrected chi connectivity index (χ1v) is 5.09. The van der Waals surface area contributed by atoms with E-state index >= 15 is 0 Å². The lowest BCUT2D eigenvalue weighted by molar-refractivity contribution is -0.131. The average molecular weight is 246 g/mol. The quantitative estimate of drug-likeness (QED) is 0.631. The van der Waals surface area contributed by atoms with Gasteiger partial charge in [-0.2, -0.15) is 5.10 Å². The fourth-order valence-electron chi connectivity index (χ4n) is 1.56. The summed E-state index contributed by atoms with van der Waals surface area (Å²) >= 11 is 0. The van der Waals surface area contributed by atoms with Crippen LogP contribution < -0.4 is 0 Å². The molecule has 0 saturated carbocycles. The maximum atomic E-state index is 11.3. The number of aliphatic carboxylic acids is 1. The number of benzene rings is 1. The number of hydrogen-bond acceptors (Lipinski definition) is 4. The molecule has 0 aliphatic rings. The number of carboxylic acids is 1. The summed E-state index contributed by atoms with van der Waals surface area (Å²) in [5.41, 5.74) is 1.55. The minimum atomic E-state index is -1.04. The highest BCUT2D eigenvalue weighted by atomic mass is 16.5. The smallest absolute Gasteiger partial charge is 0.337 e. The lowest BCUT2D eigenvalue weighted by Crippen LogP contribution is -2.00. The molecule has 2 rings (SSSR count). The number of nitrogens with zero attached hydrogens (tertiary/aromatic N) is 1. The van der Waals surface area contributed by atoms with Crippen molar-refractivity contribution in [2.24, 2.45) is 0 Å². The van der Waals surface area contributed by atoms with E-state index in [0.717, 1.165) is 11.5 Å². The molecule has 0 aliphatic heterocycles. The summed E-state index contributed by atoms with van der Waals surface area (Å²) in [6.07, 6.45) is 2.39. The Kier molecular flexibility index (Phi) is 3.09.